The molecule has 5 atom stereocenters. The van der Waals surface area contributed by atoms with E-state index in [4.69, 9.17) is 28.4 Å². The minimum atomic E-state index is -0.932. The summed E-state index contributed by atoms with van der Waals surface area (Å²) in [6.07, 6.45) is -3.68. The van der Waals surface area contributed by atoms with Crippen LogP contribution in [0.4, 0.5) is 11.4 Å². The first kappa shape index (κ1) is 24.3. The maximum absolute atomic E-state index is 10.9. The van der Waals surface area contributed by atoms with E-state index in [2.05, 4.69) is 0 Å². The molecule has 3 rings (SSSR count). The second kappa shape index (κ2) is 11.0. The summed E-state index contributed by atoms with van der Waals surface area (Å²) in [5, 5.41) is 21.8. The Bertz CT molecular complexity index is 937. The number of nitrogens with zero attached hydrogens (tertiary/aromatic N) is 2. The van der Waals surface area contributed by atoms with Crippen molar-refractivity contribution in [1.82, 2.24) is 0 Å². The fourth-order valence-corrected chi connectivity index (χ4v) is 3.51. The molecule has 0 aromatic heterocycles. The zero-order chi connectivity index (χ0) is 24.0. The van der Waals surface area contributed by atoms with Gasteiger partial charge < -0.3 is 28.4 Å². The van der Waals surface area contributed by atoms with Crippen molar-refractivity contribution in [3.63, 3.8) is 0 Å². The van der Waals surface area contributed by atoms with E-state index in [1.54, 1.807) is 0 Å². The molecule has 0 amide bonds. The first-order chi connectivity index (χ1) is 15.9. The number of ether oxygens (including phenoxy) is 6. The smallest absolute Gasteiger partial charge is 0.269 e. The molecule has 0 N–H and O–H groups in total. The summed E-state index contributed by atoms with van der Waals surface area (Å²) in [6.45, 7) is 0.133. The van der Waals surface area contributed by atoms with Crippen LogP contribution in [-0.4, -0.2) is 68.5 Å². The van der Waals surface area contributed by atoms with Crippen molar-refractivity contribution in [2.45, 2.75) is 30.7 Å². The van der Waals surface area contributed by atoms with Gasteiger partial charge in [0.05, 0.1) is 16.5 Å². The molecule has 0 unspecified atom stereocenters. The number of hydrogen-bond donors (Lipinski definition) is 0. The highest BCUT2D eigenvalue weighted by atomic mass is 16.7. The van der Waals surface area contributed by atoms with E-state index in [1.165, 1.54) is 69.9 Å². The highest BCUT2D eigenvalue weighted by Gasteiger charge is 2.49. The van der Waals surface area contributed by atoms with Gasteiger partial charge in [0.2, 0.25) is 6.29 Å². The number of hydrogen-bond acceptors (Lipinski definition) is 10. The van der Waals surface area contributed by atoms with E-state index >= 15 is 0 Å². The first-order valence-electron chi connectivity index (χ1n) is 9.90. The fourth-order valence-electron chi connectivity index (χ4n) is 3.51. The zero-order valence-corrected chi connectivity index (χ0v) is 18.2. The van der Waals surface area contributed by atoms with Gasteiger partial charge in [-0.2, -0.15) is 0 Å². The molecule has 2 aromatic rings. The van der Waals surface area contributed by atoms with Crippen LogP contribution in [0.15, 0.2) is 48.5 Å². The summed E-state index contributed by atoms with van der Waals surface area (Å²) in [4.78, 5) is 20.8. The lowest BCUT2D eigenvalue weighted by atomic mass is 9.98. The van der Waals surface area contributed by atoms with Gasteiger partial charge in [0.25, 0.3) is 11.4 Å². The van der Waals surface area contributed by atoms with Crippen molar-refractivity contribution in [1.29, 1.82) is 0 Å². The van der Waals surface area contributed by atoms with Crippen LogP contribution in [0.25, 0.3) is 0 Å². The second-order valence-corrected chi connectivity index (χ2v) is 7.10. The number of methoxy groups -OCH3 is 3. The molecule has 0 spiro atoms. The van der Waals surface area contributed by atoms with Crippen molar-refractivity contribution in [2.75, 3.05) is 27.9 Å². The maximum Gasteiger partial charge on any atom is 0.269 e. The van der Waals surface area contributed by atoms with Gasteiger partial charge in [0.15, 0.2) is 6.10 Å². The van der Waals surface area contributed by atoms with Gasteiger partial charge in [0.1, 0.15) is 29.8 Å². The summed E-state index contributed by atoms with van der Waals surface area (Å²) in [7, 11) is 4.45. The molecule has 0 saturated carbocycles. The van der Waals surface area contributed by atoms with Crippen molar-refractivity contribution in [3.8, 4) is 11.5 Å². The Kier molecular flexibility index (Phi) is 8.11. The van der Waals surface area contributed by atoms with Crippen molar-refractivity contribution in [3.05, 3.63) is 68.8 Å². The lowest BCUT2D eigenvalue weighted by Crippen LogP contribution is -2.63. The van der Waals surface area contributed by atoms with E-state index in [0.29, 0.717) is 11.5 Å². The molecular weight excluding hydrogens is 440 g/mol. The van der Waals surface area contributed by atoms with Gasteiger partial charge >= 0.3 is 0 Å². The van der Waals surface area contributed by atoms with E-state index in [-0.39, 0.29) is 18.0 Å². The monoisotopic (exact) mass is 464 g/mol. The number of rotatable bonds is 10. The van der Waals surface area contributed by atoms with E-state index < -0.39 is 40.6 Å². The van der Waals surface area contributed by atoms with E-state index in [0.717, 1.165) is 0 Å². The number of non-ortho nitro benzene ring substituents is 2. The summed E-state index contributed by atoms with van der Waals surface area (Å²) >= 11 is 0. The zero-order valence-electron chi connectivity index (χ0n) is 18.2. The minimum absolute atomic E-state index is 0.0645. The molecular formula is C21H24N2O10. The summed E-state index contributed by atoms with van der Waals surface area (Å²) in [5.74, 6) is 0.718. The van der Waals surface area contributed by atoms with Crippen LogP contribution in [0, 0.1) is 20.2 Å². The van der Waals surface area contributed by atoms with Crippen LogP contribution in [0.3, 0.4) is 0 Å². The summed E-state index contributed by atoms with van der Waals surface area (Å²) in [5.41, 5.74) is -0.135. The standard InChI is InChI=1S/C21H24N2O10/c1-28-12-17-18(31-15-8-4-13(5-9-15)22(24)25)19(29-2)20(30-3)21(33-17)32-16-10-6-14(7-11-16)23(26)27/h4-11,17-21H,12H2,1-3H3/t17-,18+,19+,20-,21+/m1/s1. The van der Waals surface area contributed by atoms with Gasteiger partial charge in [-0.15, -0.1) is 0 Å². The Morgan fingerprint density at radius 3 is 1.67 bits per heavy atom. The van der Waals surface area contributed by atoms with Crippen molar-refractivity contribution < 1.29 is 38.3 Å². The molecule has 0 aliphatic carbocycles. The largest absolute Gasteiger partial charge is 0.485 e. The highest BCUT2D eigenvalue weighted by Crippen LogP contribution is 2.31. The second-order valence-electron chi connectivity index (χ2n) is 7.10. The third kappa shape index (κ3) is 5.73. The molecule has 33 heavy (non-hydrogen) atoms. The lowest BCUT2D eigenvalue weighted by Gasteiger charge is -2.44. The van der Waals surface area contributed by atoms with Gasteiger partial charge in [-0.1, -0.05) is 0 Å². The Morgan fingerprint density at radius 1 is 0.758 bits per heavy atom. The average Bonchev–Trinajstić information content (AvgIpc) is 2.81. The highest BCUT2D eigenvalue weighted by molar-refractivity contribution is 5.37. The van der Waals surface area contributed by atoms with Crippen LogP contribution >= 0.6 is 0 Å². The predicted molar refractivity (Wildman–Crippen MR) is 113 cm³/mol. The number of benzene rings is 2. The van der Waals surface area contributed by atoms with E-state index in [9.17, 15) is 20.2 Å². The third-order valence-corrected chi connectivity index (χ3v) is 5.09. The Morgan fingerprint density at radius 2 is 1.24 bits per heavy atom. The molecule has 178 valence electrons. The molecule has 1 fully saturated rings. The van der Waals surface area contributed by atoms with Crippen LogP contribution < -0.4 is 9.47 Å². The minimum Gasteiger partial charge on any atom is -0.485 e. The van der Waals surface area contributed by atoms with Gasteiger partial charge in [-0.05, 0) is 24.3 Å². The van der Waals surface area contributed by atoms with Gasteiger partial charge in [-0.25, -0.2) is 0 Å². The van der Waals surface area contributed by atoms with Crippen LogP contribution in [-0.2, 0) is 18.9 Å². The molecule has 1 aliphatic rings. The number of nitro benzene ring substituents is 2. The molecule has 1 heterocycles. The SMILES string of the molecule is COC[C@H]1O[C@H](Oc2ccc([N+](=O)[O-])cc2)[C@H](OC)[C@@H](OC)[C@H]1Oc1ccc([N+](=O)[O-])cc1. The molecule has 2 aromatic carbocycles. The molecule has 12 nitrogen and oxygen atoms in total. The van der Waals surface area contributed by atoms with Gasteiger partial charge in [-0.3, -0.25) is 20.2 Å². The summed E-state index contributed by atoms with van der Waals surface area (Å²) < 4.78 is 34.6. The van der Waals surface area contributed by atoms with Crippen LogP contribution in [0.1, 0.15) is 0 Å². The predicted octanol–water partition coefficient (Wildman–Crippen LogP) is 2.73. The number of nitro groups is 2. The topological polar surface area (TPSA) is 142 Å². The quantitative estimate of drug-likeness (QED) is 0.380. The maximum atomic E-state index is 10.9. The summed E-state index contributed by atoms with van der Waals surface area (Å²) in [6, 6.07) is 11.2. The van der Waals surface area contributed by atoms with Gasteiger partial charge in [0, 0.05) is 45.6 Å². The molecule has 12 heteroatoms. The van der Waals surface area contributed by atoms with Crippen molar-refractivity contribution >= 4 is 11.4 Å². The Balaban J connectivity index is 1.82. The Hall–Kier alpha value is -3.32. The van der Waals surface area contributed by atoms with E-state index in [1.807, 2.05) is 0 Å². The normalized spacial score (nSPS) is 24.8. The lowest BCUT2D eigenvalue weighted by molar-refractivity contribution is -0.385. The third-order valence-electron chi connectivity index (χ3n) is 5.09. The first-order valence-corrected chi connectivity index (χ1v) is 9.90. The van der Waals surface area contributed by atoms with Crippen LogP contribution in [0.5, 0.6) is 11.5 Å². The molecule has 0 bridgehead atoms. The van der Waals surface area contributed by atoms with Crippen molar-refractivity contribution in [2.24, 2.45) is 0 Å². The molecule has 0 radical (unpaired) electrons. The molecule has 1 aliphatic heterocycles. The average molecular weight is 464 g/mol. The Labute approximate surface area is 189 Å². The fraction of sp³-hybridized carbons (Fsp3) is 0.429. The van der Waals surface area contributed by atoms with Crippen LogP contribution in [0.2, 0.25) is 0 Å². The molecule has 1 saturated heterocycles.